The molecule has 0 atom stereocenters. The minimum atomic E-state index is -0.833. The lowest BCUT2D eigenvalue weighted by molar-refractivity contribution is -0.143. The average molecular weight is 236 g/mol. The van der Waals surface area contributed by atoms with Gasteiger partial charge in [-0.15, -0.1) is 0 Å². The molecule has 0 heterocycles. The number of rotatable bonds is 6. The molecule has 0 saturated heterocycles. The average Bonchev–Trinajstić information content (AvgIpc) is 2.12. The summed E-state index contributed by atoms with van der Waals surface area (Å²) >= 11 is 4.07. The number of thiol groups is 1. The second-order valence-electron chi connectivity index (χ2n) is 2.86. The summed E-state index contributed by atoms with van der Waals surface area (Å²) in [6.07, 6.45) is 3.64. The Kier molecular flexibility index (Phi) is 14.8. The Morgan fingerprint density at radius 2 is 1.80 bits per heavy atom. The highest BCUT2D eigenvalue weighted by molar-refractivity contribution is 7.80. The number of carbonyl (C=O) groups excluding carboxylic acids is 1. The van der Waals surface area contributed by atoms with Gasteiger partial charge in [-0.3, -0.25) is 9.59 Å². The number of aliphatic carboxylic acids is 1. The smallest absolute Gasteiger partial charge is 0.305 e. The first-order valence-electron chi connectivity index (χ1n) is 5.00. The predicted molar refractivity (Wildman–Crippen MR) is 62.3 cm³/mol. The summed E-state index contributed by atoms with van der Waals surface area (Å²) in [5, 5.41) is 7.42. The van der Waals surface area contributed by atoms with E-state index in [9.17, 15) is 4.79 Å². The molecular weight excluding hydrogens is 216 g/mol. The molecule has 5 heteroatoms. The van der Waals surface area contributed by atoms with Crippen LogP contribution in [0.4, 0.5) is 0 Å². The maximum absolute atomic E-state index is 10.8. The van der Waals surface area contributed by atoms with Crippen LogP contribution in [0.25, 0.3) is 0 Å². The van der Waals surface area contributed by atoms with Gasteiger partial charge in [0, 0.05) is 13.3 Å². The monoisotopic (exact) mass is 236 g/mol. The molecule has 0 aromatic carbocycles. The van der Waals surface area contributed by atoms with Gasteiger partial charge in [0.25, 0.3) is 5.97 Å². The van der Waals surface area contributed by atoms with Gasteiger partial charge in [0.1, 0.15) is 0 Å². The quantitative estimate of drug-likeness (QED) is 0.421. The highest BCUT2D eigenvalue weighted by Crippen LogP contribution is 2.01. The highest BCUT2D eigenvalue weighted by atomic mass is 32.1. The maximum Gasteiger partial charge on any atom is 0.305 e. The van der Waals surface area contributed by atoms with Crippen LogP contribution in [0.3, 0.4) is 0 Å². The van der Waals surface area contributed by atoms with Crippen molar-refractivity contribution in [1.82, 2.24) is 0 Å². The van der Waals surface area contributed by atoms with Gasteiger partial charge in [-0.05, 0) is 25.5 Å². The lowest BCUT2D eigenvalue weighted by atomic mass is 10.2. The zero-order valence-electron chi connectivity index (χ0n) is 9.36. The minimum Gasteiger partial charge on any atom is -0.481 e. The Morgan fingerprint density at radius 1 is 1.27 bits per heavy atom. The van der Waals surface area contributed by atoms with Crippen molar-refractivity contribution >= 4 is 24.6 Å². The van der Waals surface area contributed by atoms with Crippen LogP contribution in [-0.2, 0) is 14.3 Å². The van der Waals surface area contributed by atoms with E-state index in [-0.39, 0.29) is 5.97 Å². The number of esters is 1. The lowest BCUT2D eigenvalue weighted by Crippen LogP contribution is -2.03. The Hall–Kier alpha value is -0.710. The molecule has 0 bridgehead atoms. The van der Waals surface area contributed by atoms with Crippen molar-refractivity contribution in [2.75, 3.05) is 12.4 Å². The van der Waals surface area contributed by atoms with E-state index < -0.39 is 5.97 Å². The summed E-state index contributed by atoms with van der Waals surface area (Å²) in [7, 11) is 0. The maximum atomic E-state index is 10.8. The molecule has 0 amide bonds. The number of unbranched alkanes of at least 4 members (excludes halogenated alkanes) is 2. The Morgan fingerprint density at radius 3 is 2.20 bits per heavy atom. The molecule has 0 fully saturated rings. The fraction of sp³-hybridized carbons (Fsp3) is 0.800. The summed E-state index contributed by atoms with van der Waals surface area (Å²) in [5.41, 5.74) is 0. The number of carbonyl (C=O) groups is 2. The van der Waals surface area contributed by atoms with Gasteiger partial charge in [0.05, 0.1) is 6.61 Å². The summed E-state index contributed by atoms with van der Waals surface area (Å²) in [5.74, 6) is -0.00492. The standard InChI is InChI=1S/C8H16O2S.C2H4O2/c1-2-10-8(9)6-4-3-5-7-11;1-2(3)4/h11H,2-7H2,1H3;1H3,(H,3,4). The van der Waals surface area contributed by atoms with E-state index in [0.29, 0.717) is 13.0 Å². The second-order valence-corrected chi connectivity index (χ2v) is 3.31. The zero-order valence-corrected chi connectivity index (χ0v) is 10.3. The predicted octanol–water partition coefficient (Wildman–Crippen LogP) is 2.13. The molecule has 0 aromatic heterocycles. The molecule has 0 saturated carbocycles. The van der Waals surface area contributed by atoms with Gasteiger partial charge in [-0.25, -0.2) is 0 Å². The van der Waals surface area contributed by atoms with Crippen LogP contribution in [0.2, 0.25) is 0 Å². The highest BCUT2D eigenvalue weighted by Gasteiger charge is 1.99. The second kappa shape index (κ2) is 13.3. The van der Waals surface area contributed by atoms with Gasteiger partial charge >= 0.3 is 5.97 Å². The number of ether oxygens (including phenoxy) is 1. The number of hydrogen-bond acceptors (Lipinski definition) is 4. The van der Waals surface area contributed by atoms with E-state index in [1.165, 1.54) is 0 Å². The lowest BCUT2D eigenvalue weighted by Gasteiger charge is -1.99. The summed E-state index contributed by atoms with van der Waals surface area (Å²) in [6.45, 7) is 3.40. The van der Waals surface area contributed by atoms with E-state index in [4.69, 9.17) is 14.6 Å². The molecule has 0 unspecified atom stereocenters. The Labute approximate surface area is 96.4 Å². The van der Waals surface area contributed by atoms with Crippen LogP contribution < -0.4 is 0 Å². The minimum absolute atomic E-state index is 0.0772. The molecule has 0 rings (SSSR count). The molecule has 0 aliphatic rings. The summed E-state index contributed by atoms with van der Waals surface area (Å²) in [6, 6.07) is 0. The van der Waals surface area contributed by atoms with Gasteiger partial charge in [0.15, 0.2) is 0 Å². The van der Waals surface area contributed by atoms with Crippen molar-refractivity contribution < 1.29 is 19.4 Å². The molecule has 1 N–H and O–H groups in total. The fourth-order valence-corrected chi connectivity index (χ4v) is 1.01. The first-order chi connectivity index (χ1) is 7.04. The number of hydrogen-bond donors (Lipinski definition) is 2. The van der Waals surface area contributed by atoms with Crippen molar-refractivity contribution in [3.05, 3.63) is 0 Å². The van der Waals surface area contributed by atoms with Crippen LogP contribution in [-0.4, -0.2) is 29.4 Å². The summed E-state index contributed by atoms with van der Waals surface area (Å²) < 4.78 is 4.76. The Balaban J connectivity index is 0. The molecule has 15 heavy (non-hydrogen) atoms. The van der Waals surface area contributed by atoms with Crippen molar-refractivity contribution in [3.63, 3.8) is 0 Å². The van der Waals surface area contributed by atoms with Crippen LogP contribution in [0.5, 0.6) is 0 Å². The first-order valence-corrected chi connectivity index (χ1v) is 5.63. The number of carboxylic acids is 1. The fourth-order valence-electron chi connectivity index (χ4n) is 0.791. The van der Waals surface area contributed by atoms with Crippen LogP contribution in [0.1, 0.15) is 39.5 Å². The van der Waals surface area contributed by atoms with Crippen LogP contribution >= 0.6 is 12.6 Å². The molecular formula is C10H20O4S. The van der Waals surface area contributed by atoms with E-state index in [0.717, 1.165) is 31.9 Å². The van der Waals surface area contributed by atoms with Crippen molar-refractivity contribution in [3.8, 4) is 0 Å². The Bertz CT molecular complexity index is 167. The molecule has 0 aromatic rings. The SMILES string of the molecule is CC(=O)O.CCOC(=O)CCCCCS. The molecule has 0 radical (unpaired) electrons. The summed E-state index contributed by atoms with van der Waals surface area (Å²) in [4.78, 5) is 19.8. The van der Waals surface area contributed by atoms with E-state index in [1.54, 1.807) is 0 Å². The number of carboxylic acid groups (broad SMARTS) is 1. The third-order valence-corrected chi connectivity index (χ3v) is 1.66. The third kappa shape index (κ3) is 24.6. The van der Waals surface area contributed by atoms with Gasteiger partial charge < -0.3 is 9.84 Å². The molecule has 90 valence electrons. The van der Waals surface area contributed by atoms with Crippen molar-refractivity contribution in [2.24, 2.45) is 0 Å². The first kappa shape index (κ1) is 16.7. The molecule has 0 aliphatic carbocycles. The van der Waals surface area contributed by atoms with Crippen LogP contribution in [0.15, 0.2) is 0 Å². The largest absolute Gasteiger partial charge is 0.481 e. The van der Waals surface area contributed by atoms with E-state index in [1.807, 2.05) is 6.92 Å². The van der Waals surface area contributed by atoms with Gasteiger partial charge in [0.2, 0.25) is 0 Å². The topological polar surface area (TPSA) is 63.6 Å². The van der Waals surface area contributed by atoms with Crippen LogP contribution in [0, 0.1) is 0 Å². The van der Waals surface area contributed by atoms with Crippen molar-refractivity contribution in [1.29, 1.82) is 0 Å². The third-order valence-electron chi connectivity index (χ3n) is 1.34. The van der Waals surface area contributed by atoms with Gasteiger partial charge in [-0.1, -0.05) is 6.42 Å². The molecule has 0 aliphatic heterocycles. The zero-order chi connectivity index (χ0) is 12.1. The van der Waals surface area contributed by atoms with Crippen molar-refractivity contribution in [2.45, 2.75) is 39.5 Å². The van der Waals surface area contributed by atoms with Gasteiger partial charge in [-0.2, -0.15) is 12.6 Å². The molecule has 0 spiro atoms. The van der Waals surface area contributed by atoms with E-state index >= 15 is 0 Å². The molecule has 4 nitrogen and oxygen atoms in total. The van der Waals surface area contributed by atoms with E-state index in [2.05, 4.69) is 12.6 Å². The normalized spacial score (nSPS) is 8.73.